The Bertz CT molecular complexity index is 293. The normalized spacial score (nSPS) is 11.1. The maximum absolute atomic E-state index is 10.4. The maximum Gasteiger partial charge on any atom is 0.150 e. The van der Waals surface area contributed by atoms with Gasteiger partial charge in [-0.15, -0.1) is 0 Å². The van der Waals surface area contributed by atoms with Gasteiger partial charge in [0.25, 0.3) is 0 Å². The van der Waals surface area contributed by atoms with Crippen LogP contribution in [0.4, 0.5) is 0 Å². The molecule has 0 spiro atoms. The molecular weight excluding hydrogens is 176 g/mol. The largest absolute Gasteiger partial charge is 0.493 e. The minimum Gasteiger partial charge on any atom is -0.493 e. The zero-order valence-corrected chi connectivity index (χ0v) is 8.91. The van der Waals surface area contributed by atoms with Crippen LogP contribution in [-0.2, 0) is 0 Å². The molecule has 0 unspecified atom stereocenters. The number of benzene rings is 1. The van der Waals surface area contributed by atoms with Crippen LogP contribution in [0.25, 0.3) is 0 Å². The number of rotatable bonds is 3. The summed E-state index contributed by atoms with van der Waals surface area (Å²) < 4.78 is 5.55. The molecule has 0 N–H and O–H groups in total. The first-order valence-corrected chi connectivity index (χ1v) is 4.69. The summed E-state index contributed by atoms with van der Waals surface area (Å²) in [6, 6.07) is 7.14. The van der Waals surface area contributed by atoms with E-state index >= 15 is 0 Å². The van der Waals surface area contributed by atoms with E-state index in [0.717, 1.165) is 12.0 Å². The average Bonchev–Trinajstić information content (AvgIpc) is 2.14. The van der Waals surface area contributed by atoms with Gasteiger partial charge in [0.15, 0.2) is 0 Å². The second-order valence-corrected chi connectivity index (χ2v) is 4.54. The molecule has 1 aromatic rings. The summed E-state index contributed by atoms with van der Waals surface area (Å²) in [6.45, 7) is 7.03. The van der Waals surface area contributed by atoms with Crippen LogP contribution in [0.3, 0.4) is 0 Å². The van der Waals surface area contributed by atoms with Crippen LogP contribution in [0.15, 0.2) is 24.3 Å². The highest BCUT2D eigenvalue weighted by atomic mass is 16.5. The topological polar surface area (TPSA) is 26.3 Å². The van der Waals surface area contributed by atoms with E-state index in [0.29, 0.717) is 12.2 Å². The zero-order chi connectivity index (χ0) is 10.6. The summed E-state index contributed by atoms with van der Waals surface area (Å²) in [4.78, 5) is 10.4. The molecule has 0 fully saturated rings. The summed E-state index contributed by atoms with van der Waals surface area (Å²) in [5.74, 6) is 0.811. The molecule has 1 aromatic carbocycles. The van der Waals surface area contributed by atoms with Crippen LogP contribution in [0.2, 0.25) is 0 Å². The predicted molar refractivity (Wildman–Crippen MR) is 56.8 cm³/mol. The first-order chi connectivity index (χ1) is 6.51. The molecule has 0 aliphatic carbocycles. The van der Waals surface area contributed by atoms with Crippen molar-refractivity contribution in [3.63, 3.8) is 0 Å². The summed E-state index contributed by atoms with van der Waals surface area (Å²) in [6.07, 6.45) is 0.827. The lowest BCUT2D eigenvalue weighted by Crippen LogP contribution is -2.16. The van der Waals surface area contributed by atoms with Gasteiger partial charge in [0, 0.05) is 5.56 Å². The third kappa shape index (κ3) is 3.60. The van der Waals surface area contributed by atoms with Gasteiger partial charge >= 0.3 is 0 Å². The SMILES string of the molecule is CC(C)(C)COc1ccc(C=O)cc1. The lowest BCUT2D eigenvalue weighted by atomic mass is 9.99. The third-order valence-corrected chi connectivity index (χ3v) is 1.69. The number of carbonyl (C=O) groups excluding carboxylic acids is 1. The van der Waals surface area contributed by atoms with E-state index in [1.165, 1.54) is 0 Å². The Morgan fingerprint density at radius 2 is 1.79 bits per heavy atom. The molecule has 0 saturated carbocycles. The van der Waals surface area contributed by atoms with E-state index in [2.05, 4.69) is 20.8 Å². The summed E-state index contributed by atoms with van der Waals surface area (Å²) >= 11 is 0. The standard InChI is InChI=1S/C12H16O2/c1-12(2,3)9-14-11-6-4-10(8-13)5-7-11/h4-8H,9H2,1-3H3. The van der Waals surface area contributed by atoms with E-state index < -0.39 is 0 Å². The highest BCUT2D eigenvalue weighted by Gasteiger charge is 2.10. The molecule has 76 valence electrons. The lowest BCUT2D eigenvalue weighted by molar-refractivity contribution is 0.112. The van der Waals surface area contributed by atoms with Crippen molar-refractivity contribution in [3.05, 3.63) is 29.8 Å². The molecule has 0 aromatic heterocycles. The Balaban J connectivity index is 2.56. The fourth-order valence-electron chi connectivity index (χ4n) is 0.942. The minimum atomic E-state index is 0.156. The van der Waals surface area contributed by atoms with E-state index in [-0.39, 0.29) is 5.41 Å². The fourth-order valence-corrected chi connectivity index (χ4v) is 0.942. The Morgan fingerprint density at radius 1 is 1.21 bits per heavy atom. The van der Waals surface area contributed by atoms with Crippen molar-refractivity contribution in [2.45, 2.75) is 20.8 Å². The van der Waals surface area contributed by atoms with Gasteiger partial charge in [-0.2, -0.15) is 0 Å². The quantitative estimate of drug-likeness (QED) is 0.688. The van der Waals surface area contributed by atoms with Gasteiger partial charge in [0.05, 0.1) is 6.61 Å². The molecule has 0 amide bonds. The highest BCUT2D eigenvalue weighted by molar-refractivity contribution is 5.74. The second-order valence-electron chi connectivity index (χ2n) is 4.54. The molecule has 0 saturated heterocycles. The molecule has 2 heteroatoms. The Morgan fingerprint density at radius 3 is 2.21 bits per heavy atom. The Kier molecular flexibility index (Phi) is 3.28. The molecule has 0 aliphatic rings. The van der Waals surface area contributed by atoms with Gasteiger partial charge in [-0.1, -0.05) is 20.8 Å². The Hall–Kier alpha value is -1.31. The fraction of sp³-hybridized carbons (Fsp3) is 0.417. The summed E-state index contributed by atoms with van der Waals surface area (Å²) in [5.41, 5.74) is 0.830. The number of ether oxygens (including phenoxy) is 1. The van der Waals surface area contributed by atoms with Gasteiger partial charge in [0.2, 0.25) is 0 Å². The maximum atomic E-state index is 10.4. The van der Waals surface area contributed by atoms with Crippen LogP contribution in [0.1, 0.15) is 31.1 Å². The molecular formula is C12H16O2. The van der Waals surface area contributed by atoms with Crippen LogP contribution in [0.5, 0.6) is 5.75 Å². The molecule has 1 rings (SSSR count). The van der Waals surface area contributed by atoms with Crippen LogP contribution < -0.4 is 4.74 Å². The molecule has 0 atom stereocenters. The molecule has 2 nitrogen and oxygen atoms in total. The molecule has 14 heavy (non-hydrogen) atoms. The molecule has 0 bridgehead atoms. The van der Waals surface area contributed by atoms with Gasteiger partial charge in [-0.3, -0.25) is 4.79 Å². The van der Waals surface area contributed by atoms with Crippen molar-refractivity contribution < 1.29 is 9.53 Å². The van der Waals surface area contributed by atoms with Crippen molar-refractivity contribution >= 4 is 6.29 Å². The van der Waals surface area contributed by atoms with E-state index in [4.69, 9.17) is 4.74 Å². The number of carbonyl (C=O) groups is 1. The van der Waals surface area contributed by atoms with Crippen LogP contribution in [-0.4, -0.2) is 12.9 Å². The van der Waals surface area contributed by atoms with Gasteiger partial charge in [0.1, 0.15) is 12.0 Å². The predicted octanol–water partition coefficient (Wildman–Crippen LogP) is 2.92. The van der Waals surface area contributed by atoms with E-state index in [9.17, 15) is 4.79 Å². The smallest absolute Gasteiger partial charge is 0.150 e. The minimum absolute atomic E-state index is 0.156. The monoisotopic (exact) mass is 192 g/mol. The number of hydrogen-bond acceptors (Lipinski definition) is 2. The lowest BCUT2D eigenvalue weighted by Gasteiger charge is -2.18. The second kappa shape index (κ2) is 4.27. The van der Waals surface area contributed by atoms with E-state index in [1.54, 1.807) is 12.1 Å². The molecule has 0 heterocycles. The van der Waals surface area contributed by atoms with Crippen LogP contribution >= 0.6 is 0 Å². The highest BCUT2D eigenvalue weighted by Crippen LogP contribution is 2.17. The number of aldehydes is 1. The van der Waals surface area contributed by atoms with Gasteiger partial charge in [-0.25, -0.2) is 0 Å². The van der Waals surface area contributed by atoms with Crippen LogP contribution in [0, 0.1) is 5.41 Å². The van der Waals surface area contributed by atoms with Gasteiger partial charge < -0.3 is 4.74 Å². The van der Waals surface area contributed by atoms with E-state index in [1.807, 2.05) is 12.1 Å². The van der Waals surface area contributed by atoms with Crippen molar-refractivity contribution in [2.24, 2.45) is 5.41 Å². The van der Waals surface area contributed by atoms with Crippen molar-refractivity contribution in [2.75, 3.05) is 6.61 Å². The third-order valence-electron chi connectivity index (χ3n) is 1.69. The van der Waals surface area contributed by atoms with Crippen molar-refractivity contribution in [1.29, 1.82) is 0 Å². The Labute approximate surface area is 84.9 Å². The van der Waals surface area contributed by atoms with Crippen molar-refractivity contribution in [3.8, 4) is 5.75 Å². The first kappa shape index (κ1) is 10.8. The summed E-state index contributed by atoms with van der Waals surface area (Å²) in [5, 5.41) is 0. The molecule has 0 radical (unpaired) electrons. The zero-order valence-electron chi connectivity index (χ0n) is 8.91. The molecule has 0 aliphatic heterocycles. The first-order valence-electron chi connectivity index (χ1n) is 4.69. The average molecular weight is 192 g/mol. The number of hydrogen-bond donors (Lipinski definition) is 0. The summed E-state index contributed by atoms with van der Waals surface area (Å²) in [7, 11) is 0. The van der Waals surface area contributed by atoms with Gasteiger partial charge in [-0.05, 0) is 29.7 Å². The van der Waals surface area contributed by atoms with Crippen molar-refractivity contribution in [1.82, 2.24) is 0 Å².